The molecule has 3 aromatic rings. The van der Waals surface area contributed by atoms with Gasteiger partial charge in [0.25, 0.3) is 0 Å². The van der Waals surface area contributed by atoms with Crippen LogP contribution in [0.4, 0.5) is 5.95 Å². The summed E-state index contributed by atoms with van der Waals surface area (Å²) >= 11 is 0. The van der Waals surface area contributed by atoms with Crippen LogP contribution >= 0.6 is 0 Å². The minimum Gasteiger partial charge on any atom is -0.481 e. The SMILES string of the molecule is COc1ccnc(NNC(=O)c2occc2-c2ccccc2)n1. The van der Waals surface area contributed by atoms with Gasteiger partial charge in [0.15, 0.2) is 0 Å². The minimum absolute atomic E-state index is 0.201. The third-order valence-electron chi connectivity index (χ3n) is 3.08. The van der Waals surface area contributed by atoms with Gasteiger partial charge in [-0.25, -0.2) is 4.98 Å². The van der Waals surface area contributed by atoms with Gasteiger partial charge in [-0.05, 0) is 11.6 Å². The minimum atomic E-state index is -0.430. The average molecular weight is 310 g/mol. The largest absolute Gasteiger partial charge is 0.481 e. The van der Waals surface area contributed by atoms with E-state index in [1.54, 1.807) is 12.1 Å². The Bertz CT molecular complexity index is 802. The van der Waals surface area contributed by atoms with Crippen LogP contribution in [0.1, 0.15) is 10.6 Å². The molecule has 0 aliphatic rings. The number of hydrogen-bond acceptors (Lipinski definition) is 6. The van der Waals surface area contributed by atoms with Gasteiger partial charge in [0, 0.05) is 17.8 Å². The lowest BCUT2D eigenvalue weighted by Crippen LogP contribution is -2.30. The van der Waals surface area contributed by atoms with E-state index in [1.165, 1.54) is 19.6 Å². The number of aromatic nitrogens is 2. The Balaban J connectivity index is 1.73. The van der Waals surface area contributed by atoms with E-state index in [2.05, 4.69) is 20.8 Å². The van der Waals surface area contributed by atoms with Crippen molar-refractivity contribution in [1.82, 2.24) is 15.4 Å². The predicted octanol–water partition coefficient (Wildman–Crippen LogP) is 2.50. The number of ether oxygens (including phenoxy) is 1. The predicted molar refractivity (Wildman–Crippen MR) is 83.8 cm³/mol. The van der Waals surface area contributed by atoms with Crippen LogP contribution in [0.25, 0.3) is 11.1 Å². The maximum atomic E-state index is 12.3. The fourth-order valence-corrected chi connectivity index (χ4v) is 2.02. The van der Waals surface area contributed by atoms with E-state index in [1.807, 2.05) is 30.3 Å². The van der Waals surface area contributed by atoms with Gasteiger partial charge in [-0.3, -0.25) is 15.6 Å². The highest BCUT2D eigenvalue weighted by Gasteiger charge is 2.16. The molecule has 0 aliphatic carbocycles. The van der Waals surface area contributed by atoms with E-state index in [0.29, 0.717) is 11.4 Å². The number of furan rings is 1. The monoisotopic (exact) mass is 310 g/mol. The number of carbonyl (C=O) groups is 1. The summed E-state index contributed by atoms with van der Waals surface area (Å²) < 4.78 is 10.3. The zero-order chi connectivity index (χ0) is 16.1. The topological polar surface area (TPSA) is 89.3 Å². The lowest BCUT2D eigenvalue weighted by Gasteiger charge is -2.07. The first kappa shape index (κ1) is 14.6. The van der Waals surface area contributed by atoms with Gasteiger partial charge >= 0.3 is 5.91 Å². The van der Waals surface area contributed by atoms with Crippen molar-refractivity contribution >= 4 is 11.9 Å². The molecule has 23 heavy (non-hydrogen) atoms. The Hall–Kier alpha value is -3.35. The molecule has 0 saturated heterocycles. The number of hydrazine groups is 1. The highest BCUT2D eigenvalue weighted by atomic mass is 16.5. The molecule has 0 fully saturated rings. The van der Waals surface area contributed by atoms with Crippen molar-refractivity contribution in [2.24, 2.45) is 0 Å². The summed E-state index contributed by atoms with van der Waals surface area (Å²) in [4.78, 5) is 20.3. The summed E-state index contributed by atoms with van der Waals surface area (Å²) in [6.45, 7) is 0. The van der Waals surface area contributed by atoms with Gasteiger partial charge in [-0.15, -0.1) is 0 Å². The van der Waals surface area contributed by atoms with Gasteiger partial charge in [0.05, 0.1) is 13.4 Å². The summed E-state index contributed by atoms with van der Waals surface area (Å²) in [6, 6.07) is 12.9. The van der Waals surface area contributed by atoms with Crippen LogP contribution in [0, 0.1) is 0 Å². The molecule has 2 N–H and O–H groups in total. The first-order chi connectivity index (χ1) is 11.3. The standard InChI is InChI=1S/C16H14N4O3/c1-22-13-7-9-17-16(18-13)20-19-15(21)14-12(8-10-23-14)11-5-3-2-4-6-11/h2-10H,1H3,(H,19,21)(H,17,18,20). The molecular weight excluding hydrogens is 296 g/mol. The summed E-state index contributed by atoms with van der Waals surface area (Å²) in [5.74, 6) is 0.372. The lowest BCUT2D eigenvalue weighted by molar-refractivity contribution is 0.0935. The first-order valence-corrected chi connectivity index (χ1v) is 6.84. The summed E-state index contributed by atoms with van der Waals surface area (Å²) in [6.07, 6.45) is 2.99. The first-order valence-electron chi connectivity index (χ1n) is 6.84. The van der Waals surface area contributed by atoms with Gasteiger partial charge < -0.3 is 9.15 Å². The molecule has 0 spiro atoms. The van der Waals surface area contributed by atoms with Gasteiger partial charge in [-0.2, -0.15) is 4.98 Å². The van der Waals surface area contributed by atoms with E-state index < -0.39 is 5.91 Å². The Kier molecular flexibility index (Phi) is 4.19. The molecule has 7 heteroatoms. The number of nitrogens with zero attached hydrogens (tertiary/aromatic N) is 2. The van der Waals surface area contributed by atoms with Gasteiger partial charge in [0.2, 0.25) is 17.6 Å². The zero-order valence-electron chi connectivity index (χ0n) is 12.3. The molecule has 2 aromatic heterocycles. The third kappa shape index (κ3) is 3.29. The molecule has 0 radical (unpaired) electrons. The van der Waals surface area contributed by atoms with E-state index in [-0.39, 0.29) is 11.7 Å². The van der Waals surface area contributed by atoms with Crippen molar-refractivity contribution in [2.45, 2.75) is 0 Å². The third-order valence-corrected chi connectivity index (χ3v) is 3.08. The highest BCUT2D eigenvalue weighted by molar-refractivity contribution is 5.98. The molecule has 7 nitrogen and oxygen atoms in total. The van der Waals surface area contributed by atoms with Crippen LogP contribution in [0.15, 0.2) is 59.3 Å². The van der Waals surface area contributed by atoms with Crippen LogP contribution in [0.5, 0.6) is 5.88 Å². The van der Waals surface area contributed by atoms with E-state index in [9.17, 15) is 4.79 Å². The maximum Gasteiger partial charge on any atom is 0.306 e. The fourth-order valence-electron chi connectivity index (χ4n) is 2.02. The van der Waals surface area contributed by atoms with Crippen LogP contribution in [-0.4, -0.2) is 23.0 Å². The molecule has 0 atom stereocenters. The number of carbonyl (C=O) groups excluding carboxylic acids is 1. The molecule has 116 valence electrons. The maximum absolute atomic E-state index is 12.3. The molecule has 0 saturated carbocycles. The molecule has 1 amide bonds. The number of rotatable bonds is 5. The second kappa shape index (κ2) is 6.61. The molecule has 1 aromatic carbocycles. The second-order valence-electron chi connectivity index (χ2n) is 4.53. The van der Waals surface area contributed by atoms with Crippen LogP contribution in [-0.2, 0) is 0 Å². The van der Waals surface area contributed by atoms with E-state index >= 15 is 0 Å². The van der Waals surface area contributed by atoms with Crippen molar-refractivity contribution in [3.8, 4) is 17.0 Å². The normalized spacial score (nSPS) is 10.1. The molecular formula is C16H14N4O3. The van der Waals surface area contributed by atoms with E-state index in [0.717, 1.165) is 5.56 Å². The molecule has 3 rings (SSSR count). The fraction of sp³-hybridized carbons (Fsp3) is 0.0625. The second-order valence-corrected chi connectivity index (χ2v) is 4.53. The highest BCUT2D eigenvalue weighted by Crippen LogP contribution is 2.24. The Labute approximate surface area is 132 Å². The molecule has 2 heterocycles. The zero-order valence-corrected chi connectivity index (χ0v) is 12.3. The summed E-state index contributed by atoms with van der Waals surface area (Å²) in [5, 5.41) is 0. The van der Waals surface area contributed by atoms with E-state index in [4.69, 9.17) is 9.15 Å². The van der Waals surface area contributed by atoms with Crippen LogP contribution in [0.2, 0.25) is 0 Å². The Morgan fingerprint density at radius 3 is 2.78 bits per heavy atom. The average Bonchev–Trinajstić information content (AvgIpc) is 3.10. The summed E-state index contributed by atoms with van der Waals surface area (Å²) in [5.41, 5.74) is 6.72. The number of anilines is 1. The molecule has 0 bridgehead atoms. The Morgan fingerprint density at radius 2 is 2.00 bits per heavy atom. The van der Waals surface area contributed by atoms with Crippen molar-refractivity contribution in [2.75, 3.05) is 12.5 Å². The van der Waals surface area contributed by atoms with Gasteiger partial charge in [-0.1, -0.05) is 30.3 Å². The Morgan fingerprint density at radius 1 is 1.17 bits per heavy atom. The van der Waals surface area contributed by atoms with Crippen molar-refractivity contribution in [3.05, 3.63) is 60.7 Å². The van der Waals surface area contributed by atoms with Crippen molar-refractivity contribution < 1.29 is 13.9 Å². The summed E-state index contributed by atoms with van der Waals surface area (Å²) in [7, 11) is 1.50. The van der Waals surface area contributed by atoms with Crippen molar-refractivity contribution in [1.29, 1.82) is 0 Å². The number of nitrogens with one attached hydrogen (secondary N) is 2. The van der Waals surface area contributed by atoms with Crippen LogP contribution in [0.3, 0.4) is 0 Å². The van der Waals surface area contributed by atoms with Crippen LogP contribution < -0.4 is 15.6 Å². The number of benzene rings is 1. The number of methoxy groups -OCH3 is 1. The number of amides is 1. The molecule has 0 unspecified atom stereocenters. The van der Waals surface area contributed by atoms with Crippen molar-refractivity contribution in [3.63, 3.8) is 0 Å². The lowest BCUT2D eigenvalue weighted by atomic mass is 10.1. The molecule has 0 aliphatic heterocycles. The number of hydrogen-bond donors (Lipinski definition) is 2. The van der Waals surface area contributed by atoms with Gasteiger partial charge in [0.1, 0.15) is 0 Å². The smallest absolute Gasteiger partial charge is 0.306 e. The quantitative estimate of drug-likeness (QED) is 0.704.